The predicted octanol–water partition coefficient (Wildman–Crippen LogP) is 7.68. The van der Waals surface area contributed by atoms with Gasteiger partial charge in [-0.2, -0.15) is 0 Å². The molecule has 0 fully saturated rings. The minimum absolute atomic E-state index is 0.323. The first-order valence-electron chi connectivity index (χ1n) is 15.7. The van der Waals surface area contributed by atoms with Crippen molar-refractivity contribution in [1.82, 2.24) is 15.1 Å². The van der Waals surface area contributed by atoms with Crippen molar-refractivity contribution in [2.24, 2.45) is 11.7 Å². The van der Waals surface area contributed by atoms with Gasteiger partial charge in [0.2, 0.25) is 6.41 Å². The van der Waals surface area contributed by atoms with Crippen molar-refractivity contribution in [2.75, 3.05) is 32.5 Å². The molecule has 0 aliphatic carbocycles. The highest BCUT2D eigenvalue weighted by molar-refractivity contribution is 5.72. The second kappa shape index (κ2) is 27.3. The third-order valence-corrected chi connectivity index (χ3v) is 6.72. The summed E-state index contributed by atoms with van der Waals surface area (Å²) in [6.45, 7) is 19.4. The summed E-state index contributed by atoms with van der Waals surface area (Å²) in [6.07, 6.45) is 20.2. The van der Waals surface area contributed by atoms with E-state index in [-0.39, 0.29) is 6.03 Å². The second-order valence-electron chi connectivity index (χ2n) is 10.5. The molecule has 248 valence electrons. The zero-order valence-corrected chi connectivity index (χ0v) is 29.1. The number of amides is 3. The highest BCUT2D eigenvalue weighted by atomic mass is 16.2. The van der Waals surface area contributed by atoms with E-state index in [9.17, 15) is 9.59 Å². The normalized spacial score (nSPS) is 12.2. The van der Waals surface area contributed by atoms with Gasteiger partial charge in [0.1, 0.15) is 0 Å². The molecule has 2 aromatic carbocycles. The molecule has 1 heterocycles. The van der Waals surface area contributed by atoms with E-state index in [1.54, 1.807) is 4.90 Å². The number of carbonyl (C=O) groups is 2. The third-order valence-electron chi connectivity index (χ3n) is 6.72. The summed E-state index contributed by atoms with van der Waals surface area (Å²) in [4.78, 5) is 24.9. The number of fused-ring (bicyclic) bond motifs is 1. The number of rotatable bonds is 11. The zero-order valence-electron chi connectivity index (χ0n) is 29.1. The molecule has 45 heavy (non-hydrogen) atoms. The van der Waals surface area contributed by atoms with Gasteiger partial charge in [-0.25, -0.2) is 4.79 Å². The van der Waals surface area contributed by atoms with Crippen LogP contribution in [0.25, 0.3) is 0 Å². The van der Waals surface area contributed by atoms with Crippen LogP contribution in [0, 0.1) is 25.7 Å². The number of allylic oxidation sites excluding steroid dienone is 3. The van der Waals surface area contributed by atoms with E-state index in [1.807, 2.05) is 58.3 Å². The number of hydrogen-bond donors (Lipinski definition) is 3. The van der Waals surface area contributed by atoms with Gasteiger partial charge in [0.25, 0.3) is 0 Å². The summed E-state index contributed by atoms with van der Waals surface area (Å²) in [5.74, 6) is 0.656. The van der Waals surface area contributed by atoms with Gasteiger partial charge in [0.15, 0.2) is 0 Å². The Morgan fingerprint density at radius 2 is 1.84 bits per heavy atom. The summed E-state index contributed by atoms with van der Waals surface area (Å²) in [7, 11) is 4.03. The Hall–Kier alpha value is -4.28. The average molecular weight is 618 g/mol. The van der Waals surface area contributed by atoms with Crippen molar-refractivity contribution in [3.05, 3.63) is 101 Å². The predicted molar refractivity (Wildman–Crippen MR) is 195 cm³/mol. The lowest BCUT2D eigenvalue weighted by Crippen LogP contribution is -2.39. The van der Waals surface area contributed by atoms with Crippen LogP contribution in [-0.2, 0) is 24.3 Å². The van der Waals surface area contributed by atoms with Crippen molar-refractivity contribution >= 4 is 18.1 Å². The Balaban J connectivity index is 0. The molecule has 0 saturated carbocycles. The number of primary amides is 1. The summed E-state index contributed by atoms with van der Waals surface area (Å²) in [5.41, 5.74) is 12.6. The van der Waals surface area contributed by atoms with E-state index in [2.05, 4.69) is 99.2 Å². The maximum absolute atomic E-state index is 11.0. The van der Waals surface area contributed by atoms with Crippen LogP contribution in [0.5, 0.6) is 0 Å². The highest BCUT2D eigenvalue weighted by Crippen LogP contribution is 2.20. The molecule has 1 unspecified atom stereocenters. The maximum Gasteiger partial charge on any atom is 0.315 e. The lowest BCUT2D eigenvalue weighted by atomic mass is 9.96. The van der Waals surface area contributed by atoms with Crippen LogP contribution in [0.4, 0.5) is 10.5 Å². The number of urea groups is 1. The lowest BCUT2D eigenvalue weighted by Gasteiger charge is -2.27. The highest BCUT2D eigenvalue weighted by Gasteiger charge is 2.18. The van der Waals surface area contributed by atoms with Crippen LogP contribution >= 0.6 is 0 Å². The molecule has 1 atom stereocenters. The van der Waals surface area contributed by atoms with Gasteiger partial charge in [0, 0.05) is 31.9 Å². The maximum atomic E-state index is 11.0. The molecule has 7 heteroatoms. The van der Waals surface area contributed by atoms with Crippen molar-refractivity contribution in [1.29, 1.82) is 0 Å². The zero-order chi connectivity index (χ0) is 34.6. The van der Waals surface area contributed by atoms with E-state index < -0.39 is 0 Å². The SMILES string of the molecule is C#C.C=CCN/C=C(\C/C=C\C)C(C)CC.CC.CN(C)Cc1cccc(NC=O)c1.Cc1ccc2c(c1)CCN(C(N)=O)C2. The van der Waals surface area contributed by atoms with E-state index in [4.69, 9.17) is 5.73 Å². The molecule has 2 aromatic rings. The number of anilines is 1. The fourth-order valence-corrected chi connectivity index (χ4v) is 4.25. The molecule has 0 saturated heterocycles. The van der Waals surface area contributed by atoms with E-state index in [0.717, 1.165) is 38.2 Å². The number of hydrogen-bond acceptors (Lipinski definition) is 4. The minimum atomic E-state index is -0.323. The quantitative estimate of drug-likeness (QED) is 0.104. The molecule has 7 nitrogen and oxygen atoms in total. The Morgan fingerprint density at radius 3 is 2.40 bits per heavy atom. The number of nitrogens with zero attached hydrogens (tertiary/aromatic N) is 2. The van der Waals surface area contributed by atoms with Crippen LogP contribution in [0.15, 0.2) is 79.0 Å². The first-order valence-corrected chi connectivity index (χ1v) is 15.7. The topological polar surface area (TPSA) is 90.7 Å². The Kier molecular flexibility index (Phi) is 26.0. The van der Waals surface area contributed by atoms with Gasteiger partial charge in [0.05, 0.1) is 0 Å². The monoisotopic (exact) mass is 617 g/mol. The Morgan fingerprint density at radius 1 is 1.16 bits per heavy atom. The third kappa shape index (κ3) is 19.6. The molecular weight excluding hydrogens is 558 g/mol. The Labute approximate surface area is 274 Å². The van der Waals surface area contributed by atoms with Crippen LogP contribution in [0.2, 0.25) is 0 Å². The van der Waals surface area contributed by atoms with Gasteiger partial charge < -0.3 is 26.2 Å². The van der Waals surface area contributed by atoms with Crippen LogP contribution in [0.1, 0.15) is 69.7 Å². The number of terminal acetylenes is 1. The van der Waals surface area contributed by atoms with Crippen molar-refractivity contribution in [2.45, 2.75) is 73.9 Å². The van der Waals surface area contributed by atoms with Crippen LogP contribution in [0.3, 0.4) is 0 Å². The Bertz CT molecular complexity index is 1180. The van der Waals surface area contributed by atoms with Gasteiger partial charge >= 0.3 is 6.03 Å². The van der Waals surface area contributed by atoms with Crippen LogP contribution in [-0.4, -0.2) is 49.4 Å². The average Bonchev–Trinajstić information content (AvgIpc) is 3.04. The van der Waals surface area contributed by atoms with E-state index >= 15 is 0 Å². The van der Waals surface area contributed by atoms with Gasteiger partial charge in [-0.15, -0.1) is 19.4 Å². The number of aryl methyl sites for hydroxylation is 1. The molecule has 3 rings (SSSR count). The fourth-order valence-electron chi connectivity index (χ4n) is 4.25. The largest absolute Gasteiger partial charge is 0.387 e. The molecule has 1 aliphatic heterocycles. The smallest absolute Gasteiger partial charge is 0.315 e. The van der Waals surface area contributed by atoms with Crippen molar-refractivity contribution < 1.29 is 9.59 Å². The first-order chi connectivity index (χ1) is 21.6. The van der Waals surface area contributed by atoms with Crippen molar-refractivity contribution in [3.8, 4) is 12.8 Å². The summed E-state index contributed by atoms with van der Waals surface area (Å²) >= 11 is 0. The fraction of sp³-hybridized carbons (Fsp3) is 0.421. The molecular formula is C38H59N5O2. The molecule has 4 N–H and O–H groups in total. The summed E-state index contributed by atoms with van der Waals surface area (Å²) < 4.78 is 0. The first kappa shape index (κ1) is 42.9. The lowest BCUT2D eigenvalue weighted by molar-refractivity contribution is -0.105. The molecule has 1 aliphatic rings. The van der Waals surface area contributed by atoms with E-state index in [0.29, 0.717) is 18.9 Å². The van der Waals surface area contributed by atoms with E-state index in [1.165, 1.54) is 34.2 Å². The molecule has 0 radical (unpaired) electrons. The number of carbonyl (C=O) groups excluding carboxylic acids is 2. The van der Waals surface area contributed by atoms with Crippen LogP contribution < -0.4 is 16.4 Å². The minimum Gasteiger partial charge on any atom is -0.387 e. The molecule has 0 bridgehead atoms. The molecule has 0 aromatic heterocycles. The molecule has 3 amide bonds. The second-order valence-corrected chi connectivity index (χ2v) is 10.5. The summed E-state index contributed by atoms with van der Waals surface area (Å²) in [5, 5.41) is 5.87. The number of benzene rings is 2. The standard InChI is InChI=1S/C13H23N.C11H14N2O.C10H14N2O.C2H6.C2H2/c1-5-8-9-13(12(4)7-3)11-14-10-6-2;1-8-2-3-10-7-13(11(12)14)5-4-9(10)6-8;1-12(2)7-9-4-3-5-10(6-9)11-8-13;2*1-2/h5-6,8,11-12,14H,2,7,9-10H2,1,3-4H3;2-3,6H,4-5,7H2,1H3,(H2,12,14);3-6,8H,7H2,1-2H3,(H,11,13);1-2H3;1-2H/b8-5-,13-11+;;;;. The number of nitrogens with one attached hydrogen (secondary N) is 2. The van der Waals surface area contributed by atoms with Gasteiger partial charge in [-0.1, -0.05) is 81.8 Å². The van der Waals surface area contributed by atoms with Crippen molar-refractivity contribution in [3.63, 3.8) is 0 Å². The van der Waals surface area contributed by atoms with Gasteiger partial charge in [-0.05, 0) is 93.7 Å². The summed E-state index contributed by atoms with van der Waals surface area (Å²) in [6, 6.07) is 13.8. The molecule has 0 spiro atoms. The number of nitrogens with two attached hydrogens (primary N) is 1. The van der Waals surface area contributed by atoms with Gasteiger partial charge in [-0.3, -0.25) is 4.79 Å².